The van der Waals surface area contributed by atoms with E-state index in [0.29, 0.717) is 22.4 Å². The molecule has 53 heavy (non-hydrogen) atoms. The van der Waals surface area contributed by atoms with Crippen molar-refractivity contribution in [2.75, 3.05) is 11.9 Å². The van der Waals surface area contributed by atoms with E-state index in [-0.39, 0.29) is 40.1 Å². The maximum Gasteiger partial charge on any atom is 0.417 e. The van der Waals surface area contributed by atoms with Crippen molar-refractivity contribution in [3.05, 3.63) is 162 Å². The van der Waals surface area contributed by atoms with Crippen LogP contribution in [0.25, 0.3) is 27.8 Å². The first-order valence-corrected chi connectivity index (χ1v) is 15.3. The van der Waals surface area contributed by atoms with Crippen LogP contribution in [0, 0.1) is 0 Å². The Morgan fingerprint density at radius 3 is 1.43 bits per heavy atom. The van der Waals surface area contributed by atoms with Gasteiger partial charge in [-0.3, -0.25) is 0 Å². The minimum Gasteiger partial charge on any atom is -0.345 e. The highest BCUT2D eigenvalue weighted by atomic mass is 19.4. The Hall–Kier alpha value is -5.46. The van der Waals surface area contributed by atoms with Crippen molar-refractivity contribution >= 4 is 16.9 Å². The van der Waals surface area contributed by atoms with Crippen LogP contribution in [0.1, 0.15) is 34.7 Å². The monoisotopic (exact) mass is 751 g/mol. The van der Waals surface area contributed by atoms with E-state index in [4.69, 9.17) is 0 Å². The van der Waals surface area contributed by atoms with Gasteiger partial charge >= 0.3 is 24.7 Å². The van der Waals surface area contributed by atoms with Crippen molar-refractivity contribution in [2.24, 2.45) is 0 Å². The number of hydrogen-bond acceptors (Lipinski definition) is 1. The predicted octanol–water partition coefficient (Wildman–Crippen LogP) is 14.1. The van der Waals surface area contributed by atoms with Crippen LogP contribution in [-0.2, 0) is 24.7 Å². The number of halogens is 12. The number of anilines is 2. The van der Waals surface area contributed by atoms with E-state index in [2.05, 4.69) is 26.3 Å². The summed E-state index contributed by atoms with van der Waals surface area (Å²) in [5, 5.41) is 0. The summed E-state index contributed by atoms with van der Waals surface area (Å²) in [6.07, 6.45) is -18.3. The number of benzene rings is 4. The zero-order valence-electron chi connectivity index (χ0n) is 28.0. The van der Waals surface area contributed by atoms with Crippen LogP contribution in [0.3, 0.4) is 0 Å². The maximum absolute atomic E-state index is 14.3. The molecule has 0 aromatic heterocycles. The summed E-state index contributed by atoms with van der Waals surface area (Å²) >= 11 is 0. The van der Waals surface area contributed by atoms with Crippen molar-refractivity contribution in [1.29, 1.82) is 0 Å². The van der Waals surface area contributed by atoms with E-state index < -0.39 is 58.1 Å². The summed E-state index contributed by atoms with van der Waals surface area (Å²) in [6.45, 7) is 17.0. The van der Waals surface area contributed by atoms with Gasteiger partial charge in [-0.1, -0.05) is 74.4 Å². The van der Waals surface area contributed by atoms with Crippen LogP contribution in [0.15, 0.2) is 134 Å². The summed E-state index contributed by atoms with van der Waals surface area (Å²) in [5.41, 5.74) is -6.60. The Morgan fingerprint density at radius 1 is 0.585 bits per heavy atom. The molecule has 0 unspecified atom stereocenters. The minimum atomic E-state index is -5.57. The lowest BCUT2D eigenvalue weighted by molar-refractivity contribution is -0.147. The molecule has 278 valence electrons. The van der Waals surface area contributed by atoms with Gasteiger partial charge in [0.05, 0.1) is 22.3 Å². The molecule has 0 N–H and O–H groups in total. The van der Waals surface area contributed by atoms with Gasteiger partial charge in [0.25, 0.3) is 0 Å². The maximum atomic E-state index is 14.3. The third-order valence-electron chi connectivity index (χ3n) is 8.25. The number of rotatable bonds is 9. The van der Waals surface area contributed by atoms with E-state index in [1.54, 1.807) is 13.0 Å². The highest BCUT2D eigenvalue weighted by Gasteiger charge is 2.45. The van der Waals surface area contributed by atoms with E-state index in [1.165, 1.54) is 54.4 Å². The Balaban J connectivity index is 1.70. The largest absolute Gasteiger partial charge is 0.417 e. The fraction of sp³-hybridized carbons (Fsp3) is 0.150. The molecule has 0 saturated carbocycles. The van der Waals surface area contributed by atoms with Crippen molar-refractivity contribution in [2.45, 2.75) is 31.6 Å². The second-order valence-electron chi connectivity index (χ2n) is 11.9. The molecule has 0 heterocycles. The molecule has 1 nitrogen and oxygen atoms in total. The number of hydrogen-bond donors (Lipinski definition) is 0. The third kappa shape index (κ3) is 8.95. The molecule has 0 spiro atoms. The molecule has 0 fully saturated rings. The SMILES string of the molecule is C=CC(=C)/C(=C/C(=C)c1ccc(-c2ccc(N(C)c3ccc(-c4c(C(F)(F)F)cc(C(F)(F)F)cc4C(F)(F)F)cc3)cc2)c(C(F)(F)F)c1)C(=C)C. The lowest BCUT2D eigenvalue weighted by Gasteiger charge is -2.23. The van der Waals surface area contributed by atoms with Gasteiger partial charge < -0.3 is 4.90 Å². The highest BCUT2D eigenvalue weighted by molar-refractivity contribution is 5.80. The van der Waals surface area contributed by atoms with Gasteiger partial charge in [-0.25, -0.2) is 0 Å². The zero-order chi connectivity index (χ0) is 39.8. The lowest BCUT2D eigenvalue weighted by atomic mass is 9.91. The van der Waals surface area contributed by atoms with E-state index in [9.17, 15) is 52.7 Å². The Bertz CT molecular complexity index is 2050. The fourth-order valence-corrected chi connectivity index (χ4v) is 5.52. The van der Waals surface area contributed by atoms with Crippen LogP contribution in [0.5, 0.6) is 0 Å². The molecular weight excluding hydrogens is 722 g/mol. The van der Waals surface area contributed by atoms with Crippen LogP contribution in [0.2, 0.25) is 0 Å². The Kier molecular flexibility index (Phi) is 11.0. The molecular formula is C40H29F12N. The van der Waals surface area contributed by atoms with E-state index in [0.717, 1.165) is 30.3 Å². The van der Waals surface area contributed by atoms with Gasteiger partial charge in [0.1, 0.15) is 0 Å². The van der Waals surface area contributed by atoms with Crippen LogP contribution in [-0.4, -0.2) is 7.05 Å². The average Bonchev–Trinajstić information content (AvgIpc) is 3.07. The van der Waals surface area contributed by atoms with E-state index >= 15 is 0 Å². The van der Waals surface area contributed by atoms with Crippen molar-refractivity contribution < 1.29 is 52.7 Å². The lowest BCUT2D eigenvalue weighted by Crippen LogP contribution is -2.18. The molecule has 0 saturated heterocycles. The van der Waals surface area contributed by atoms with Crippen LogP contribution >= 0.6 is 0 Å². The zero-order valence-corrected chi connectivity index (χ0v) is 28.0. The van der Waals surface area contributed by atoms with Gasteiger partial charge in [0.15, 0.2) is 0 Å². The molecule has 4 aromatic rings. The number of alkyl halides is 12. The fourth-order valence-electron chi connectivity index (χ4n) is 5.52. The molecule has 0 amide bonds. The standard InChI is InChI=1S/C40H29F12N/c1-7-23(4)32(22(2)3)18-24(5)27-12-17-31(33(19-27)38(44,45)46)25-8-13-29(14-9-25)53(6)30-15-10-26(11-16-30)36-34(39(47,48)49)20-28(37(41,42)43)21-35(36)40(50,51)52/h7-21H,1-2,4-5H2,3,6H3/b32-18+. The molecule has 0 radical (unpaired) electrons. The summed E-state index contributed by atoms with van der Waals surface area (Å²) in [5.74, 6) is 0. The minimum absolute atomic E-state index is 0.148. The topological polar surface area (TPSA) is 3.24 Å². The van der Waals surface area contributed by atoms with Gasteiger partial charge in [0.2, 0.25) is 0 Å². The number of nitrogens with zero attached hydrogens (tertiary/aromatic N) is 1. The first-order chi connectivity index (χ1) is 24.3. The molecule has 4 aromatic carbocycles. The van der Waals surface area contributed by atoms with Crippen LogP contribution in [0.4, 0.5) is 64.1 Å². The third-order valence-corrected chi connectivity index (χ3v) is 8.25. The normalized spacial score (nSPS) is 12.8. The van der Waals surface area contributed by atoms with Crippen molar-refractivity contribution in [1.82, 2.24) is 0 Å². The summed E-state index contributed by atoms with van der Waals surface area (Å²) in [6, 6.07) is 12.9. The van der Waals surface area contributed by atoms with Gasteiger partial charge in [0, 0.05) is 24.0 Å². The summed E-state index contributed by atoms with van der Waals surface area (Å²) in [7, 11) is 1.49. The van der Waals surface area contributed by atoms with Crippen molar-refractivity contribution in [3.63, 3.8) is 0 Å². The summed E-state index contributed by atoms with van der Waals surface area (Å²) in [4.78, 5) is 1.45. The highest BCUT2D eigenvalue weighted by Crippen LogP contribution is 2.48. The molecule has 0 bridgehead atoms. The smallest absolute Gasteiger partial charge is 0.345 e. The predicted molar refractivity (Wildman–Crippen MR) is 183 cm³/mol. The molecule has 0 aliphatic rings. The molecule has 0 aliphatic carbocycles. The van der Waals surface area contributed by atoms with E-state index in [1.807, 2.05) is 0 Å². The molecule has 4 rings (SSSR count). The Morgan fingerprint density at radius 2 is 1.04 bits per heavy atom. The second-order valence-corrected chi connectivity index (χ2v) is 11.9. The molecule has 0 aliphatic heterocycles. The Labute approximate surface area is 297 Å². The average molecular weight is 752 g/mol. The summed E-state index contributed by atoms with van der Waals surface area (Å²) < 4.78 is 166. The molecule has 13 heteroatoms. The van der Waals surface area contributed by atoms with Crippen LogP contribution < -0.4 is 4.90 Å². The first-order valence-electron chi connectivity index (χ1n) is 15.3. The number of allylic oxidation sites excluding steroid dienone is 6. The quantitative estimate of drug-likeness (QED) is 0.122. The first kappa shape index (κ1) is 40.3. The van der Waals surface area contributed by atoms with Gasteiger partial charge in [-0.05, 0) is 94.4 Å². The molecule has 0 atom stereocenters. The van der Waals surface area contributed by atoms with Gasteiger partial charge in [-0.2, -0.15) is 52.7 Å². The van der Waals surface area contributed by atoms with Gasteiger partial charge in [-0.15, -0.1) is 0 Å². The van der Waals surface area contributed by atoms with Crippen molar-refractivity contribution in [3.8, 4) is 22.3 Å². The second kappa shape index (κ2) is 14.5.